The first-order valence-corrected chi connectivity index (χ1v) is 7.24. The molecule has 0 aliphatic carbocycles. The molecule has 3 heteroatoms. The van der Waals surface area contributed by atoms with Gasteiger partial charge >= 0.3 is 0 Å². The first-order valence-electron chi connectivity index (χ1n) is 7.24. The van der Waals surface area contributed by atoms with Gasteiger partial charge in [0.05, 0.1) is 0 Å². The lowest BCUT2D eigenvalue weighted by Gasteiger charge is -2.11. The van der Waals surface area contributed by atoms with Crippen molar-refractivity contribution in [2.75, 3.05) is 17.2 Å². The number of amides is 1. The molecule has 0 atom stereocenters. The number of nitrogens with one attached hydrogen (secondary N) is 2. The summed E-state index contributed by atoms with van der Waals surface area (Å²) in [4.78, 5) is 12.3. The molecule has 0 unspecified atom stereocenters. The molecule has 110 valence electrons. The molecule has 0 radical (unpaired) electrons. The van der Waals surface area contributed by atoms with Crippen LogP contribution in [0.2, 0.25) is 0 Å². The van der Waals surface area contributed by atoms with Crippen LogP contribution in [0.1, 0.15) is 34.0 Å². The van der Waals surface area contributed by atoms with E-state index in [2.05, 4.69) is 24.5 Å². The van der Waals surface area contributed by atoms with E-state index in [-0.39, 0.29) is 5.91 Å². The van der Waals surface area contributed by atoms with Gasteiger partial charge in [0.15, 0.2) is 0 Å². The topological polar surface area (TPSA) is 41.1 Å². The summed E-state index contributed by atoms with van der Waals surface area (Å²) < 4.78 is 0. The van der Waals surface area contributed by atoms with E-state index < -0.39 is 0 Å². The van der Waals surface area contributed by atoms with E-state index in [1.807, 2.05) is 50.2 Å². The number of rotatable bonds is 4. The van der Waals surface area contributed by atoms with E-state index in [1.165, 1.54) is 11.1 Å². The molecule has 0 aromatic heterocycles. The summed E-state index contributed by atoms with van der Waals surface area (Å²) in [6.45, 7) is 9.03. The van der Waals surface area contributed by atoms with Crippen LogP contribution in [0.3, 0.4) is 0 Å². The molecule has 0 bridgehead atoms. The number of benzene rings is 2. The van der Waals surface area contributed by atoms with Gasteiger partial charge in [-0.05, 0) is 74.7 Å². The van der Waals surface area contributed by atoms with Crippen LogP contribution in [0, 0.1) is 20.8 Å². The van der Waals surface area contributed by atoms with E-state index >= 15 is 0 Å². The van der Waals surface area contributed by atoms with Crippen molar-refractivity contribution in [1.82, 2.24) is 0 Å². The highest BCUT2D eigenvalue weighted by Gasteiger charge is 2.08. The summed E-state index contributed by atoms with van der Waals surface area (Å²) in [5.41, 5.74) is 6.04. The molecule has 3 nitrogen and oxygen atoms in total. The molecule has 0 saturated carbocycles. The van der Waals surface area contributed by atoms with Crippen LogP contribution in [0.25, 0.3) is 0 Å². The lowest BCUT2D eigenvalue weighted by atomic mass is 10.1. The number of anilines is 2. The largest absolute Gasteiger partial charge is 0.385 e. The van der Waals surface area contributed by atoms with Gasteiger partial charge in [0.1, 0.15) is 0 Å². The highest BCUT2D eigenvalue weighted by Crippen LogP contribution is 2.19. The number of carbonyl (C=O) groups excluding carboxylic acids is 1. The van der Waals surface area contributed by atoms with Crippen LogP contribution in [0.5, 0.6) is 0 Å². The highest BCUT2D eigenvalue weighted by atomic mass is 16.1. The maximum Gasteiger partial charge on any atom is 0.255 e. The van der Waals surface area contributed by atoms with Crippen LogP contribution in [-0.4, -0.2) is 12.5 Å². The van der Waals surface area contributed by atoms with E-state index in [0.717, 1.165) is 23.5 Å². The summed E-state index contributed by atoms with van der Waals surface area (Å²) >= 11 is 0. The van der Waals surface area contributed by atoms with Gasteiger partial charge in [-0.1, -0.05) is 6.07 Å². The Labute approximate surface area is 126 Å². The van der Waals surface area contributed by atoms with Crippen molar-refractivity contribution in [1.29, 1.82) is 0 Å². The smallest absolute Gasteiger partial charge is 0.255 e. The minimum atomic E-state index is -0.0793. The Morgan fingerprint density at radius 1 is 0.952 bits per heavy atom. The number of carbonyl (C=O) groups is 1. The van der Waals surface area contributed by atoms with Gasteiger partial charge in [-0.2, -0.15) is 0 Å². The first-order chi connectivity index (χ1) is 10.0. The summed E-state index contributed by atoms with van der Waals surface area (Å²) in [5.74, 6) is -0.0793. The van der Waals surface area contributed by atoms with Gasteiger partial charge in [0.2, 0.25) is 0 Å². The Balaban J connectivity index is 2.16. The van der Waals surface area contributed by atoms with Crippen LogP contribution >= 0.6 is 0 Å². The molecule has 2 rings (SSSR count). The molecule has 0 saturated heterocycles. The molecular weight excluding hydrogens is 260 g/mol. The third-order valence-electron chi connectivity index (χ3n) is 3.62. The number of hydrogen-bond acceptors (Lipinski definition) is 2. The predicted molar refractivity (Wildman–Crippen MR) is 89.2 cm³/mol. The molecule has 0 aliphatic heterocycles. The maximum atomic E-state index is 12.3. The van der Waals surface area contributed by atoms with Gasteiger partial charge in [0.25, 0.3) is 5.91 Å². The quantitative estimate of drug-likeness (QED) is 0.878. The minimum absolute atomic E-state index is 0.0793. The number of hydrogen-bond donors (Lipinski definition) is 2. The molecule has 21 heavy (non-hydrogen) atoms. The van der Waals surface area contributed by atoms with E-state index in [1.54, 1.807) is 0 Å². The van der Waals surface area contributed by atoms with Crippen molar-refractivity contribution in [3.63, 3.8) is 0 Å². The third-order valence-corrected chi connectivity index (χ3v) is 3.62. The van der Waals surface area contributed by atoms with Crippen molar-refractivity contribution in [2.45, 2.75) is 27.7 Å². The second-order valence-electron chi connectivity index (χ2n) is 5.31. The predicted octanol–water partition coefficient (Wildman–Crippen LogP) is 4.30. The Bertz CT molecular complexity index is 662. The third kappa shape index (κ3) is 3.63. The molecule has 0 spiro atoms. The minimum Gasteiger partial charge on any atom is -0.385 e. The second-order valence-corrected chi connectivity index (χ2v) is 5.31. The molecule has 1 amide bonds. The molecule has 0 fully saturated rings. The Morgan fingerprint density at radius 2 is 1.71 bits per heavy atom. The van der Waals surface area contributed by atoms with Gasteiger partial charge in [-0.25, -0.2) is 0 Å². The summed E-state index contributed by atoms with van der Waals surface area (Å²) in [5, 5.41) is 6.22. The number of aryl methyl sites for hydroxylation is 3. The molecule has 2 aromatic carbocycles. The summed E-state index contributed by atoms with van der Waals surface area (Å²) in [6.07, 6.45) is 0. The average Bonchev–Trinajstić information content (AvgIpc) is 2.45. The van der Waals surface area contributed by atoms with Crippen LogP contribution in [0.15, 0.2) is 36.4 Å². The van der Waals surface area contributed by atoms with Gasteiger partial charge in [-0.15, -0.1) is 0 Å². The summed E-state index contributed by atoms with van der Waals surface area (Å²) in [6, 6.07) is 11.7. The van der Waals surface area contributed by atoms with Crippen molar-refractivity contribution in [3.05, 3.63) is 58.7 Å². The fourth-order valence-electron chi connectivity index (χ4n) is 2.22. The molecule has 0 heterocycles. The zero-order valence-electron chi connectivity index (χ0n) is 13.1. The highest BCUT2D eigenvalue weighted by molar-refractivity contribution is 6.04. The summed E-state index contributed by atoms with van der Waals surface area (Å²) in [7, 11) is 0. The standard InChI is InChI=1S/C18H22N2O/c1-5-19-17-9-7-15(10-14(17)4)18(21)20-16-8-6-12(2)13(3)11-16/h6-11,19H,5H2,1-4H3,(H,20,21). The molecular formula is C18H22N2O. The average molecular weight is 282 g/mol. The molecule has 2 N–H and O–H groups in total. The van der Waals surface area contributed by atoms with Crippen molar-refractivity contribution in [3.8, 4) is 0 Å². The SMILES string of the molecule is CCNc1ccc(C(=O)Nc2ccc(C)c(C)c2)cc1C. The fourth-order valence-corrected chi connectivity index (χ4v) is 2.22. The van der Waals surface area contributed by atoms with Crippen molar-refractivity contribution < 1.29 is 4.79 Å². The van der Waals surface area contributed by atoms with E-state index in [0.29, 0.717) is 5.56 Å². The van der Waals surface area contributed by atoms with Crippen molar-refractivity contribution >= 4 is 17.3 Å². The van der Waals surface area contributed by atoms with Crippen LogP contribution < -0.4 is 10.6 Å². The fraction of sp³-hybridized carbons (Fsp3) is 0.278. The Morgan fingerprint density at radius 3 is 2.33 bits per heavy atom. The maximum absolute atomic E-state index is 12.3. The normalized spacial score (nSPS) is 10.3. The Kier molecular flexibility index (Phi) is 4.63. The Hall–Kier alpha value is -2.29. The van der Waals surface area contributed by atoms with E-state index in [9.17, 15) is 4.79 Å². The van der Waals surface area contributed by atoms with Gasteiger partial charge in [-0.3, -0.25) is 4.79 Å². The van der Waals surface area contributed by atoms with Crippen molar-refractivity contribution in [2.24, 2.45) is 0 Å². The van der Waals surface area contributed by atoms with Gasteiger partial charge in [0, 0.05) is 23.5 Å². The van der Waals surface area contributed by atoms with Crippen LogP contribution in [0.4, 0.5) is 11.4 Å². The lowest BCUT2D eigenvalue weighted by Crippen LogP contribution is -2.12. The lowest BCUT2D eigenvalue weighted by molar-refractivity contribution is 0.102. The second kappa shape index (κ2) is 6.44. The zero-order chi connectivity index (χ0) is 15.4. The monoisotopic (exact) mass is 282 g/mol. The zero-order valence-corrected chi connectivity index (χ0v) is 13.1. The van der Waals surface area contributed by atoms with E-state index in [4.69, 9.17) is 0 Å². The molecule has 0 aliphatic rings. The van der Waals surface area contributed by atoms with Crippen LogP contribution in [-0.2, 0) is 0 Å². The molecule has 2 aromatic rings. The first kappa shape index (κ1) is 15.1. The van der Waals surface area contributed by atoms with Gasteiger partial charge < -0.3 is 10.6 Å².